The first-order valence-electron chi connectivity index (χ1n) is 8.24. The summed E-state index contributed by atoms with van der Waals surface area (Å²) in [5.41, 5.74) is 1.72. The first-order valence-corrected chi connectivity index (χ1v) is 8.24. The second-order valence-electron chi connectivity index (χ2n) is 6.51. The molecule has 0 spiro atoms. The Hall–Kier alpha value is -1.81. The lowest BCUT2D eigenvalue weighted by molar-refractivity contribution is 0.0653. The summed E-state index contributed by atoms with van der Waals surface area (Å²) in [4.78, 5) is 18.2. The van der Waals surface area contributed by atoms with Crippen LogP contribution in [0.25, 0.3) is 10.9 Å². The number of H-pyrrole nitrogens is 1. The van der Waals surface area contributed by atoms with Gasteiger partial charge in [-0.3, -0.25) is 4.79 Å². The molecule has 1 fully saturated rings. The number of fused-ring (bicyclic) bond motifs is 1. The van der Waals surface area contributed by atoms with Gasteiger partial charge >= 0.3 is 0 Å². The number of amides is 1. The standard InChI is InChI=1S/C18H25N3O/c1-13(2)21(12-14-7-9-19-10-8-14)18(22)17-11-15-5-3-4-6-16(15)20-17/h3-6,11,13-14,19-20H,7-10,12H2,1-2H3. The summed E-state index contributed by atoms with van der Waals surface area (Å²) in [5, 5.41) is 4.48. The van der Waals surface area contributed by atoms with Crippen LogP contribution < -0.4 is 5.32 Å². The van der Waals surface area contributed by atoms with Crippen LogP contribution in [0.4, 0.5) is 0 Å². The number of carbonyl (C=O) groups excluding carboxylic acids is 1. The van der Waals surface area contributed by atoms with Gasteiger partial charge in [-0.1, -0.05) is 18.2 Å². The maximum atomic E-state index is 12.9. The van der Waals surface area contributed by atoms with Gasteiger partial charge in [0.05, 0.1) is 0 Å². The first kappa shape index (κ1) is 15.1. The molecule has 2 heterocycles. The quantitative estimate of drug-likeness (QED) is 0.911. The lowest BCUT2D eigenvalue weighted by atomic mass is 9.97. The van der Waals surface area contributed by atoms with E-state index >= 15 is 0 Å². The molecule has 1 aliphatic heterocycles. The normalized spacial score (nSPS) is 16.3. The highest BCUT2D eigenvalue weighted by atomic mass is 16.2. The van der Waals surface area contributed by atoms with Gasteiger partial charge in [-0.15, -0.1) is 0 Å². The highest BCUT2D eigenvalue weighted by Gasteiger charge is 2.24. The summed E-state index contributed by atoms with van der Waals surface area (Å²) in [6.45, 7) is 7.19. The zero-order valence-electron chi connectivity index (χ0n) is 13.4. The fraction of sp³-hybridized carbons (Fsp3) is 0.500. The van der Waals surface area contributed by atoms with Gasteiger partial charge < -0.3 is 15.2 Å². The Kier molecular flexibility index (Phi) is 4.48. The Morgan fingerprint density at radius 3 is 2.68 bits per heavy atom. The topological polar surface area (TPSA) is 48.1 Å². The zero-order valence-corrected chi connectivity index (χ0v) is 13.4. The van der Waals surface area contributed by atoms with E-state index in [1.807, 2.05) is 35.2 Å². The van der Waals surface area contributed by atoms with Crippen LogP contribution in [0.5, 0.6) is 0 Å². The number of aromatic amines is 1. The molecular weight excluding hydrogens is 274 g/mol. The van der Waals surface area contributed by atoms with Crippen LogP contribution in [0.3, 0.4) is 0 Å². The van der Waals surface area contributed by atoms with Gasteiger partial charge in [-0.05, 0) is 57.8 Å². The molecule has 1 aromatic carbocycles. The predicted octanol–water partition coefficient (Wildman–Crippen LogP) is 3.02. The molecule has 4 nitrogen and oxygen atoms in total. The zero-order chi connectivity index (χ0) is 15.5. The van der Waals surface area contributed by atoms with E-state index in [1.165, 1.54) is 0 Å². The molecule has 1 aromatic heterocycles. The summed E-state index contributed by atoms with van der Waals surface area (Å²) in [5.74, 6) is 0.724. The van der Waals surface area contributed by atoms with E-state index < -0.39 is 0 Å². The maximum Gasteiger partial charge on any atom is 0.270 e. The molecule has 2 N–H and O–H groups in total. The number of nitrogens with one attached hydrogen (secondary N) is 2. The van der Waals surface area contributed by atoms with Gasteiger partial charge in [0.15, 0.2) is 0 Å². The fourth-order valence-corrected chi connectivity index (χ4v) is 3.21. The van der Waals surface area contributed by atoms with E-state index in [-0.39, 0.29) is 11.9 Å². The SMILES string of the molecule is CC(C)N(CC1CCNCC1)C(=O)c1cc2ccccc2[nH]1. The van der Waals surface area contributed by atoms with Crippen molar-refractivity contribution in [2.45, 2.75) is 32.7 Å². The Bertz CT molecular complexity index is 608. The molecule has 4 heteroatoms. The smallest absolute Gasteiger partial charge is 0.270 e. The number of hydrogen-bond acceptors (Lipinski definition) is 2. The molecule has 1 amide bonds. The first-order chi connectivity index (χ1) is 10.6. The summed E-state index contributed by atoms with van der Waals surface area (Å²) in [7, 11) is 0. The van der Waals surface area contributed by atoms with Gasteiger partial charge in [-0.2, -0.15) is 0 Å². The van der Waals surface area contributed by atoms with Crippen molar-refractivity contribution >= 4 is 16.8 Å². The Morgan fingerprint density at radius 1 is 1.27 bits per heavy atom. The van der Waals surface area contributed by atoms with E-state index in [2.05, 4.69) is 24.1 Å². The van der Waals surface area contributed by atoms with Crippen LogP contribution in [-0.4, -0.2) is 41.5 Å². The molecule has 0 atom stereocenters. The van der Waals surface area contributed by atoms with Crippen molar-refractivity contribution in [1.29, 1.82) is 0 Å². The minimum atomic E-state index is 0.115. The van der Waals surface area contributed by atoms with E-state index in [9.17, 15) is 4.79 Å². The van der Waals surface area contributed by atoms with Crippen molar-refractivity contribution in [2.75, 3.05) is 19.6 Å². The lowest BCUT2D eigenvalue weighted by Gasteiger charge is -2.32. The van der Waals surface area contributed by atoms with Gasteiger partial charge in [-0.25, -0.2) is 0 Å². The van der Waals surface area contributed by atoms with Crippen molar-refractivity contribution in [1.82, 2.24) is 15.2 Å². The van der Waals surface area contributed by atoms with Crippen LogP contribution in [0.1, 0.15) is 37.2 Å². The molecule has 0 radical (unpaired) electrons. The largest absolute Gasteiger partial charge is 0.351 e. The number of aromatic nitrogens is 1. The average Bonchev–Trinajstić information content (AvgIpc) is 2.97. The third-order valence-corrected chi connectivity index (χ3v) is 4.56. The van der Waals surface area contributed by atoms with E-state index in [0.29, 0.717) is 11.6 Å². The number of nitrogens with zero attached hydrogens (tertiary/aromatic N) is 1. The summed E-state index contributed by atoms with van der Waals surface area (Å²) in [6.07, 6.45) is 2.31. The number of para-hydroxylation sites is 1. The molecule has 0 aliphatic carbocycles. The van der Waals surface area contributed by atoms with E-state index in [4.69, 9.17) is 0 Å². The van der Waals surface area contributed by atoms with Gasteiger partial charge in [0.2, 0.25) is 0 Å². The highest BCUT2D eigenvalue weighted by Crippen LogP contribution is 2.20. The second kappa shape index (κ2) is 6.53. The Balaban J connectivity index is 1.79. The summed E-state index contributed by atoms with van der Waals surface area (Å²) in [6, 6.07) is 10.2. The van der Waals surface area contributed by atoms with Crippen molar-refractivity contribution in [3.8, 4) is 0 Å². The van der Waals surface area contributed by atoms with Gasteiger partial charge in [0.25, 0.3) is 5.91 Å². The lowest BCUT2D eigenvalue weighted by Crippen LogP contribution is -2.43. The number of carbonyl (C=O) groups is 1. The number of piperidine rings is 1. The van der Waals surface area contributed by atoms with Crippen LogP contribution in [0.2, 0.25) is 0 Å². The van der Waals surface area contributed by atoms with Gasteiger partial charge in [0, 0.05) is 23.5 Å². The van der Waals surface area contributed by atoms with Crippen LogP contribution in [0.15, 0.2) is 30.3 Å². The number of benzene rings is 1. The Morgan fingerprint density at radius 2 is 2.00 bits per heavy atom. The van der Waals surface area contributed by atoms with Crippen LogP contribution >= 0.6 is 0 Å². The number of rotatable bonds is 4. The van der Waals surface area contributed by atoms with Crippen molar-refractivity contribution in [3.05, 3.63) is 36.0 Å². The van der Waals surface area contributed by atoms with Crippen molar-refractivity contribution < 1.29 is 4.79 Å². The third-order valence-electron chi connectivity index (χ3n) is 4.56. The number of hydrogen-bond donors (Lipinski definition) is 2. The minimum absolute atomic E-state index is 0.115. The maximum absolute atomic E-state index is 12.9. The summed E-state index contributed by atoms with van der Waals surface area (Å²) < 4.78 is 0. The Labute approximate surface area is 131 Å². The molecule has 1 aliphatic rings. The molecule has 2 aromatic rings. The molecular formula is C18H25N3O. The highest BCUT2D eigenvalue weighted by molar-refractivity contribution is 5.98. The molecule has 3 rings (SSSR count). The molecule has 22 heavy (non-hydrogen) atoms. The van der Waals surface area contributed by atoms with Crippen LogP contribution in [0, 0.1) is 5.92 Å². The third kappa shape index (κ3) is 3.17. The molecule has 1 saturated heterocycles. The fourth-order valence-electron chi connectivity index (χ4n) is 3.21. The van der Waals surface area contributed by atoms with Gasteiger partial charge in [0.1, 0.15) is 5.69 Å². The van der Waals surface area contributed by atoms with Crippen molar-refractivity contribution in [2.24, 2.45) is 5.92 Å². The molecule has 0 unspecified atom stereocenters. The monoisotopic (exact) mass is 299 g/mol. The molecule has 118 valence electrons. The minimum Gasteiger partial charge on any atom is -0.351 e. The molecule has 0 bridgehead atoms. The van der Waals surface area contributed by atoms with E-state index in [0.717, 1.165) is 43.4 Å². The van der Waals surface area contributed by atoms with Crippen LogP contribution in [-0.2, 0) is 0 Å². The molecule has 0 saturated carbocycles. The van der Waals surface area contributed by atoms with Crippen molar-refractivity contribution in [3.63, 3.8) is 0 Å². The predicted molar refractivity (Wildman–Crippen MR) is 90.1 cm³/mol. The van der Waals surface area contributed by atoms with E-state index in [1.54, 1.807) is 0 Å². The second-order valence-corrected chi connectivity index (χ2v) is 6.51. The average molecular weight is 299 g/mol. The summed E-state index contributed by atoms with van der Waals surface area (Å²) >= 11 is 0.